The second-order valence-corrected chi connectivity index (χ2v) is 7.86. The molecule has 0 radical (unpaired) electrons. The first-order chi connectivity index (χ1) is 8.18. The Morgan fingerprint density at radius 2 is 1.71 bits per heavy atom. The maximum absolute atomic E-state index is 12.4. The normalized spacial score (nSPS) is 18.7. The minimum atomic E-state index is 0.257. The van der Waals surface area contributed by atoms with Crippen LogP contribution in [0.5, 0.6) is 0 Å². The molecule has 1 nitrogen and oxygen atoms in total. The van der Waals surface area contributed by atoms with E-state index in [-0.39, 0.29) is 5.92 Å². The third kappa shape index (κ3) is 3.65. The Morgan fingerprint density at radius 1 is 1.12 bits per heavy atom. The lowest BCUT2D eigenvalue weighted by atomic mass is 9.88. The van der Waals surface area contributed by atoms with Crippen LogP contribution in [0.25, 0.3) is 0 Å². The number of rotatable bonds is 2. The van der Waals surface area contributed by atoms with Gasteiger partial charge in [0.25, 0.3) is 0 Å². The number of Topliss-reactive ketones (excluding diaryl/α,β-unsaturated/α-hetero) is 1. The van der Waals surface area contributed by atoms with Gasteiger partial charge in [-0.15, -0.1) is 11.3 Å². The van der Waals surface area contributed by atoms with Gasteiger partial charge in [-0.3, -0.25) is 4.79 Å². The van der Waals surface area contributed by atoms with E-state index in [9.17, 15) is 4.79 Å². The van der Waals surface area contributed by atoms with E-state index in [4.69, 9.17) is 0 Å². The Hall–Kier alpha value is 0.330. The van der Waals surface area contributed by atoms with Gasteiger partial charge >= 0.3 is 0 Å². The Morgan fingerprint density at radius 3 is 2.24 bits per heavy atom. The zero-order chi connectivity index (χ0) is 12.3. The van der Waals surface area contributed by atoms with Crippen LogP contribution in [0.15, 0.2) is 14.3 Å². The fourth-order valence-electron chi connectivity index (χ4n) is 2.39. The summed E-state index contributed by atoms with van der Waals surface area (Å²) in [6.07, 6.45) is 8.51. The molecular formula is C13H16Br2OS. The number of hydrogen-bond acceptors (Lipinski definition) is 2. The number of halogens is 2. The topological polar surface area (TPSA) is 17.1 Å². The molecule has 1 aromatic rings. The Balaban J connectivity index is 2.06. The molecule has 1 fully saturated rings. The van der Waals surface area contributed by atoms with Crippen molar-refractivity contribution >= 4 is 49.0 Å². The van der Waals surface area contributed by atoms with E-state index < -0.39 is 0 Å². The standard InChI is InChI=1S/C13H16Br2OS/c14-10-8-11(17-13(10)15)12(16)9-6-4-2-1-3-5-7-9/h8-9H,1-7H2. The third-order valence-corrected chi connectivity index (χ3v) is 6.63. The van der Waals surface area contributed by atoms with Crippen molar-refractivity contribution in [1.29, 1.82) is 0 Å². The molecular weight excluding hydrogens is 364 g/mol. The van der Waals surface area contributed by atoms with Gasteiger partial charge in [-0.25, -0.2) is 0 Å². The van der Waals surface area contributed by atoms with E-state index in [2.05, 4.69) is 31.9 Å². The molecule has 1 aromatic heterocycles. The van der Waals surface area contributed by atoms with Crippen molar-refractivity contribution in [2.75, 3.05) is 0 Å². The van der Waals surface area contributed by atoms with Crippen LogP contribution in [-0.4, -0.2) is 5.78 Å². The van der Waals surface area contributed by atoms with Crippen molar-refractivity contribution in [3.63, 3.8) is 0 Å². The van der Waals surface area contributed by atoms with Gasteiger partial charge < -0.3 is 0 Å². The molecule has 4 heteroatoms. The number of carbonyl (C=O) groups is 1. The molecule has 94 valence electrons. The van der Waals surface area contributed by atoms with Gasteiger partial charge in [-0.1, -0.05) is 32.1 Å². The summed E-state index contributed by atoms with van der Waals surface area (Å²) in [6, 6.07) is 1.95. The molecule has 0 N–H and O–H groups in total. The van der Waals surface area contributed by atoms with Crippen LogP contribution in [0.1, 0.15) is 54.6 Å². The maximum Gasteiger partial charge on any atom is 0.175 e. The molecule has 0 saturated heterocycles. The lowest BCUT2D eigenvalue weighted by Gasteiger charge is -2.17. The molecule has 0 atom stereocenters. The summed E-state index contributed by atoms with van der Waals surface area (Å²) in [5, 5.41) is 0. The van der Waals surface area contributed by atoms with Crippen LogP contribution in [-0.2, 0) is 0 Å². The molecule has 1 aliphatic carbocycles. The molecule has 0 spiro atoms. The summed E-state index contributed by atoms with van der Waals surface area (Å²) in [5.74, 6) is 0.607. The molecule has 1 heterocycles. The average molecular weight is 380 g/mol. The summed E-state index contributed by atoms with van der Waals surface area (Å²) in [6.45, 7) is 0. The lowest BCUT2D eigenvalue weighted by Crippen LogP contribution is -2.15. The Kier molecular flexibility index (Phi) is 5.25. The predicted octanol–water partition coefficient (Wildman–Crippen LogP) is 5.82. The molecule has 2 rings (SSSR count). The number of thiophene rings is 1. The third-order valence-electron chi connectivity index (χ3n) is 3.36. The zero-order valence-corrected chi connectivity index (χ0v) is 13.7. The molecule has 0 aromatic carbocycles. The van der Waals surface area contributed by atoms with Gasteiger partial charge in [0.1, 0.15) is 0 Å². The number of hydrogen-bond donors (Lipinski definition) is 0. The van der Waals surface area contributed by atoms with Crippen LogP contribution in [0.2, 0.25) is 0 Å². The molecule has 17 heavy (non-hydrogen) atoms. The average Bonchev–Trinajstić information content (AvgIpc) is 2.58. The monoisotopic (exact) mass is 378 g/mol. The SMILES string of the molecule is O=C(c1cc(Br)c(Br)s1)C1CCCCCCC1. The van der Waals surface area contributed by atoms with Gasteiger partial charge in [-0.2, -0.15) is 0 Å². The van der Waals surface area contributed by atoms with Gasteiger partial charge in [0.15, 0.2) is 5.78 Å². The summed E-state index contributed by atoms with van der Waals surface area (Å²) in [7, 11) is 0. The van der Waals surface area contributed by atoms with Crippen LogP contribution in [0, 0.1) is 5.92 Å². The maximum atomic E-state index is 12.4. The lowest BCUT2D eigenvalue weighted by molar-refractivity contribution is 0.0902. The predicted molar refractivity (Wildman–Crippen MR) is 79.9 cm³/mol. The first kappa shape index (κ1) is 13.8. The summed E-state index contributed by atoms with van der Waals surface area (Å²) < 4.78 is 2.02. The van der Waals surface area contributed by atoms with Gasteiger partial charge in [-0.05, 0) is 50.8 Å². The number of ketones is 1. The first-order valence-electron chi connectivity index (χ1n) is 6.17. The summed E-state index contributed by atoms with van der Waals surface area (Å²) in [5.41, 5.74) is 0. The highest BCUT2D eigenvalue weighted by atomic mass is 79.9. The van der Waals surface area contributed by atoms with E-state index in [0.717, 1.165) is 26.0 Å². The van der Waals surface area contributed by atoms with E-state index in [1.165, 1.54) is 32.1 Å². The molecule has 0 unspecified atom stereocenters. The van der Waals surface area contributed by atoms with Gasteiger partial charge in [0.05, 0.1) is 8.66 Å². The fourth-order valence-corrected chi connectivity index (χ4v) is 4.44. The van der Waals surface area contributed by atoms with Crippen molar-refractivity contribution < 1.29 is 4.79 Å². The number of carbonyl (C=O) groups excluding carboxylic acids is 1. The van der Waals surface area contributed by atoms with E-state index >= 15 is 0 Å². The largest absolute Gasteiger partial charge is 0.293 e. The fraction of sp³-hybridized carbons (Fsp3) is 0.615. The minimum Gasteiger partial charge on any atom is -0.293 e. The zero-order valence-electron chi connectivity index (χ0n) is 9.68. The van der Waals surface area contributed by atoms with Crippen molar-refractivity contribution in [3.05, 3.63) is 19.2 Å². The molecule has 0 amide bonds. The van der Waals surface area contributed by atoms with Gasteiger partial charge in [0, 0.05) is 10.4 Å². The summed E-state index contributed by atoms with van der Waals surface area (Å²) in [4.78, 5) is 13.3. The molecule has 1 saturated carbocycles. The van der Waals surface area contributed by atoms with Crippen molar-refractivity contribution in [2.45, 2.75) is 44.9 Å². The van der Waals surface area contributed by atoms with Crippen LogP contribution in [0.4, 0.5) is 0 Å². The van der Waals surface area contributed by atoms with E-state index in [1.54, 1.807) is 11.3 Å². The van der Waals surface area contributed by atoms with E-state index in [1.807, 2.05) is 6.07 Å². The minimum absolute atomic E-state index is 0.257. The molecule has 0 aliphatic heterocycles. The van der Waals surface area contributed by atoms with Gasteiger partial charge in [0.2, 0.25) is 0 Å². The highest BCUT2D eigenvalue weighted by molar-refractivity contribution is 9.13. The van der Waals surface area contributed by atoms with Crippen LogP contribution < -0.4 is 0 Å². The molecule has 1 aliphatic rings. The highest BCUT2D eigenvalue weighted by Crippen LogP contribution is 2.35. The van der Waals surface area contributed by atoms with Crippen molar-refractivity contribution in [2.24, 2.45) is 5.92 Å². The van der Waals surface area contributed by atoms with Crippen LogP contribution >= 0.6 is 43.2 Å². The molecule has 0 bridgehead atoms. The second kappa shape index (κ2) is 6.48. The smallest absolute Gasteiger partial charge is 0.175 e. The van der Waals surface area contributed by atoms with Crippen molar-refractivity contribution in [1.82, 2.24) is 0 Å². The Labute approximate surface area is 123 Å². The van der Waals surface area contributed by atoms with Crippen molar-refractivity contribution in [3.8, 4) is 0 Å². The summed E-state index contributed by atoms with van der Waals surface area (Å²) >= 11 is 8.45. The first-order valence-corrected chi connectivity index (χ1v) is 8.58. The highest BCUT2D eigenvalue weighted by Gasteiger charge is 2.22. The van der Waals surface area contributed by atoms with E-state index in [0.29, 0.717) is 5.78 Å². The Bertz CT molecular complexity index is 373. The second-order valence-electron chi connectivity index (χ2n) is 4.64. The quantitative estimate of drug-likeness (QED) is 0.592. The van der Waals surface area contributed by atoms with Crippen LogP contribution in [0.3, 0.4) is 0 Å².